The summed E-state index contributed by atoms with van der Waals surface area (Å²) >= 11 is 6.11. The molecule has 0 aliphatic heterocycles. The van der Waals surface area contributed by atoms with Crippen molar-refractivity contribution in [3.63, 3.8) is 0 Å². The highest BCUT2D eigenvalue weighted by Gasteiger charge is 2.16. The summed E-state index contributed by atoms with van der Waals surface area (Å²) in [7, 11) is -3.85. The van der Waals surface area contributed by atoms with Crippen molar-refractivity contribution in [1.82, 2.24) is 15.0 Å². The van der Waals surface area contributed by atoms with Gasteiger partial charge in [-0.05, 0) is 42.5 Å². The lowest BCUT2D eigenvalue weighted by molar-refractivity contribution is -0.347. The van der Waals surface area contributed by atoms with E-state index >= 15 is 0 Å². The molecule has 11 heteroatoms. The summed E-state index contributed by atoms with van der Waals surface area (Å²) in [5.74, 6) is -0.271. The van der Waals surface area contributed by atoms with Gasteiger partial charge in [0.15, 0.2) is 11.5 Å². The van der Waals surface area contributed by atoms with Crippen LogP contribution in [0.15, 0.2) is 59.8 Å². The number of benzene rings is 2. The van der Waals surface area contributed by atoms with Gasteiger partial charge in [-0.25, -0.2) is 17.8 Å². The first-order valence-corrected chi connectivity index (χ1v) is 9.85. The molecule has 0 unspecified atom stereocenters. The summed E-state index contributed by atoms with van der Waals surface area (Å²) in [5.41, 5.74) is 1.96. The van der Waals surface area contributed by atoms with Gasteiger partial charge in [0.2, 0.25) is 5.52 Å². The largest absolute Gasteiger partial charge is 0.310 e. The molecular weight excluding hydrogens is 407 g/mol. The second-order valence-corrected chi connectivity index (χ2v) is 7.80. The Hall–Kier alpha value is -3.24. The Morgan fingerprint density at radius 2 is 1.82 bits per heavy atom. The van der Waals surface area contributed by atoms with Crippen molar-refractivity contribution in [2.75, 3.05) is 10.0 Å². The number of hydrogen-bond donors (Lipinski definition) is 3. The van der Waals surface area contributed by atoms with Crippen LogP contribution in [0.2, 0.25) is 5.15 Å². The second kappa shape index (κ2) is 7.06. The lowest BCUT2D eigenvalue weighted by atomic mass is 10.3. The predicted octanol–water partition coefficient (Wildman–Crippen LogP) is 3.11. The van der Waals surface area contributed by atoms with Crippen molar-refractivity contribution in [3.8, 4) is 0 Å². The molecule has 0 atom stereocenters. The van der Waals surface area contributed by atoms with Crippen LogP contribution in [-0.4, -0.2) is 23.4 Å². The van der Waals surface area contributed by atoms with Crippen molar-refractivity contribution in [3.05, 3.63) is 65.8 Å². The van der Waals surface area contributed by atoms with E-state index in [0.29, 0.717) is 22.5 Å². The predicted molar refractivity (Wildman–Crippen MR) is 102 cm³/mol. The normalized spacial score (nSPS) is 11.5. The molecular formula is C17H13ClFN6O2S+. The molecule has 8 nitrogen and oxygen atoms in total. The van der Waals surface area contributed by atoms with Crippen molar-refractivity contribution < 1.29 is 17.8 Å². The molecule has 2 heterocycles. The van der Waals surface area contributed by atoms with Gasteiger partial charge in [-0.3, -0.25) is 9.71 Å². The highest BCUT2D eigenvalue weighted by molar-refractivity contribution is 7.92. The number of aromatic nitrogens is 4. The Labute approximate surface area is 163 Å². The summed E-state index contributed by atoms with van der Waals surface area (Å²) in [6.45, 7) is 0. The summed E-state index contributed by atoms with van der Waals surface area (Å²) in [6, 6.07) is 11.1. The van der Waals surface area contributed by atoms with E-state index < -0.39 is 15.8 Å². The topological polar surface area (TPSA) is 114 Å². The van der Waals surface area contributed by atoms with Gasteiger partial charge < -0.3 is 5.32 Å². The van der Waals surface area contributed by atoms with E-state index in [1.165, 1.54) is 12.1 Å². The second-order valence-electron chi connectivity index (χ2n) is 5.76. The van der Waals surface area contributed by atoms with E-state index in [0.717, 1.165) is 12.1 Å². The third-order valence-electron chi connectivity index (χ3n) is 3.79. The van der Waals surface area contributed by atoms with Crippen LogP contribution in [0, 0.1) is 5.82 Å². The summed E-state index contributed by atoms with van der Waals surface area (Å²) in [6.07, 6.45) is 1.58. The van der Waals surface area contributed by atoms with E-state index in [-0.39, 0.29) is 16.0 Å². The van der Waals surface area contributed by atoms with Crippen molar-refractivity contribution in [1.29, 1.82) is 0 Å². The summed E-state index contributed by atoms with van der Waals surface area (Å²) < 4.78 is 40.3. The van der Waals surface area contributed by atoms with Crippen molar-refractivity contribution >= 4 is 50.1 Å². The van der Waals surface area contributed by atoms with Crippen LogP contribution in [0.4, 0.5) is 21.7 Å². The Balaban J connectivity index is 1.58. The van der Waals surface area contributed by atoms with Crippen LogP contribution in [0.5, 0.6) is 0 Å². The van der Waals surface area contributed by atoms with Crippen LogP contribution < -0.4 is 15.0 Å². The molecule has 0 radical (unpaired) electrons. The number of aromatic amines is 2. The monoisotopic (exact) mass is 419 g/mol. The van der Waals surface area contributed by atoms with E-state index in [9.17, 15) is 12.8 Å². The molecule has 4 rings (SSSR count). The zero-order chi connectivity index (χ0) is 19.7. The first-order chi connectivity index (χ1) is 13.4. The fourth-order valence-electron chi connectivity index (χ4n) is 2.52. The van der Waals surface area contributed by atoms with E-state index in [1.54, 1.807) is 30.6 Å². The fraction of sp³-hybridized carbons (Fsp3) is 0. The van der Waals surface area contributed by atoms with Crippen molar-refractivity contribution in [2.24, 2.45) is 0 Å². The zero-order valence-corrected chi connectivity index (χ0v) is 15.6. The molecule has 0 amide bonds. The Kier molecular flexibility index (Phi) is 4.57. The lowest BCUT2D eigenvalue weighted by Crippen LogP contribution is -2.13. The number of sulfonamides is 1. The van der Waals surface area contributed by atoms with Gasteiger partial charge in [-0.1, -0.05) is 22.7 Å². The molecule has 4 N–H and O–H groups in total. The molecule has 0 aliphatic carbocycles. The Bertz CT molecular complexity index is 1260. The zero-order valence-electron chi connectivity index (χ0n) is 14.1. The average molecular weight is 420 g/mol. The van der Waals surface area contributed by atoms with Gasteiger partial charge in [-0.2, -0.15) is 4.98 Å². The maximum Gasteiger partial charge on any atom is 0.306 e. The lowest BCUT2D eigenvalue weighted by Gasteiger charge is -2.10. The molecule has 2 aromatic heterocycles. The Morgan fingerprint density at radius 1 is 1.07 bits per heavy atom. The number of imidazole rings is 1. The fourth-order valence-corrected chi connectivity index (χ4v) is 3.79. The van der Waals surface area contributed by atoms with E-state index in [2.05, 4.69) is 30.0 Å². The SMILES string of the molecule is O=S(=O)(Nc1cccc(Nc2nc(Cl)c3[nH]c[nH+]c3n2)c1)c1ccc(F)cc1. The highest BCUT2D eigenvalue weighted by Crippen LogP contribution is 2.23. The average Bonchev–Trinajstić information content (AvgIpc) is 3.11. The van der Waals surface area contributed by atoms with Crippen molar-refractivity contribution in [2.45, 2.75) is 4.90 Å². The first kappa shape index (κ1) is 18.1. The number of fused-ring (bicyclic) bond motifs is 1. The summed E-state index contributed by atoms with van der Waals surface area (Å²) in [4.78, 5) is 14.2. The third kappa shape index (κ3) is 3.73. The van der Waals surface area contributed by atoms with Gasteiger partial charge in [0.25, 0.3) is 10.0 Å². The molecule has 0 aliphatic rings. The number of nitrogens with zero attached hydrogens (tertiary/aromatic N) is 2. The van der Waals surface area contributed by atoms with E-state index in [4.69, 9.17) is 11.6 Å². The quantitative estimate of drug-likeness (QED) is 0.430. The maximum atomic E-state index is 13.0. The minimum Gasteiger partial charge on any atom is -0.310 e. The molecule has 4 aromatic rings. The van der Waals surface area contributed by atoms with Gasteiger partial charge >= 0.3 is 11.6 Å². The molecule has 2 aromatic carbocycles. The molecule has 142 valence electrons. The minimum atomic E-state index is -3.85. The molecule has 0 saturated heterocycles. The van der Waals surface area contributed by atoms with Crippen LogP contribution in [0.25, 0.3) is 11.2 Å². The standard InChI is InChI=1S/C17H12ClFN6O2S/c18-15-14-16(21-9-20-14)24-17(23-15)22-11-2-1-3-12(8-11)25-28(26,27)13-6-4-10(19)5-7-13/h1-9,25H,(H2,20,21,22,23,24)/p+1. The number of halogens is 2. The number of nitrogens with one attached hydrogen (secondary N) is 4. The number of H-pyrrole nitrogens is 2. The number of hydrogen-bond acceptors (Lipinski definition) is 5. The van der Waals surface area contributed by atoms with Crippen LogP contribution >= 0.6 is 11.6 Å². The van der Waals surface area contributed by atoms with Crippen LogP contribution in [0.3, 0.4) is 0 Å². The van der Waals surface area contributed by atoms with Gasteiger partial charge in [0.05, 0.1) is 10.6 Å². The third-order valence-corrected chi connectivity index (χ3v) is 5.46. The molecule has 28 heavy (non-hydrogen) atoms. The molecule has 0 bridgehead atoms. The van der Waals surface area contributed by atoms with Gasteiger partial charge in [-0.15, -0.1) is 0 Å². The smallest absolute Gasteiger partial charge is 0.306 e. The highest BCUT2D eigenvalue weighted by atomic mass is 35.5. The van der Waals surface area contributed by atoms with E-state index in [1.807, 2.05) is 0 Å². The van der Waals surface area contributed by atoms with Crippen LogP contribution in [-0.2, 0) is 10.0 Å². The molecule has 0 saturated carbocycles. The van der Waals surface area contributed by atoms with Gasteiger partial charge in [0, 0.05) is 5.69 Å². The number of rotatable bonds is 5. The minimum absolute atomic E-state index is 0.0455. The van der Waals surface area contributed by atoms with Gasteiger partial charge in [0.1, 0.15) is 5.82 Å². The van der Waals surface area contributed by atoms with Crippen LogP contribution in [0.1, 0.15) is 0 Å². The molecule has 0 fully saturated rings. The molecule has 0 spiro atoms. The summed E-state index contributed by atoms with van der Waals surface area (Å²) in [5, 5.41) is 3.21. The Morgan fingerprint density at radius 3 is 2.61 bits per heavy atom. The first-order valence-electron chi connectivity index (χ1n) is 7.98. The maximum absolute atomic E-state index is 13.0. The number of anilines is 3.